The van der Waals surface area contributed by atoms with Crippen LogP contribution in [0.4, 0.5) is 17.6 Å². The molecule has 0 aliphatic carbocycles. The average Bonchev–Trinajstić information content (AvgIpc) is 1.64. The largest absolute Gasteiger partial charge is 0.251 e. The molecule has 0 aliphatic rings. The van der Waals surface area contributed by atoms with Gasteiger partial charge in [0.2, 0.25) is 0 Å². The molecule has 0 saturated heterocycles. The lowest BCUT2D eigenvalue weighted by molar-refractivity contribution is 0.208. The van der Waals surface area contributed by atoms with E-state index in [2.05, 4.69) is 7.57 Å². The first kappa shape index (κ1) is 8.21. The van der Waals surface area contributed by atoms with Gasteiger partial charge in [0.05, 0.1) is 0 Å². The Hall–Kier alpha value is 0.215. The van der Waals surface area contributed by atoms with E-state index in [1.54, 1.807) is 0 Å². The fourth-order valence-corrected chi connectivity index (χ4v) is 0.256. The molecule has 0 fully saturated rings. The standard InChI is InChI=1S/C2H2BF4P/c3-8(1(4)5)2(6)7/h1-2H. The van der Waals surface area contributed by atoms with Crippen LogP contribution in [0.15, 0.2) is 0 Å². The smallest absolute Gasteiger partial charge is 0.206 e. The molecule has 0 aromatic carbocycles. The van der Waals surface area contributed by atoms with Gasteiger partial charge in [0.1, 0.15) is 7.57 Å². The summed E-state index contributed by atoms with van der Waals surface area (Å²) < 4.78 is 44.4. The van der Waals surface area contributed by atoms with Gasteiger partial charge in [0.25, 0.3) is 12.3 Å². The summed E-state index contributed by atoms with van der Waals surface area (Å²) in [4.78, 5) is 0. The number of alkyl halides is 4. The Morgan fingerprint density at radius 3 is 1.25 bits per heavy atom. The molecule has 0 aromatic heterocycles. The Bertz CT molecular complexity index is 59.1. The molecule has 0 atom stereocenters. The van der Waals surface area contributed by atoms with E-state index in [1.165, 1.54) is 0 Å². The summed E-state index contributed by atoms with van der Waals surface area (Å²) in [7, 11) is 1.46. The highest BCUT2D eigenvalue weighted by Crippen LogP contribution is 2.44. The summed E-state index contributed by atoms with van der Waals surface area (Å²) in [6.07, 6.45) is -6.13. The number of rotatable bonds is 2. The second kappa shape index (κ2) is 3.28. The fraction of sp³-hybridized carbons (Fsp3) is 1.00. The van der Waals surface area contributed by atoms with Crippen LogP contribution in [0.2, 0.25) is 0 Å². The Kier molecular flexibility index (Phi) is 3.37. The SMILES string of the molecule is [B]P(C(F)F)C(F)F. The number of hydrogen-bond acceptors (Lipinski definition) is 0. The van der Waals surface area contributed by atoms with E-state index in [0.717, 1.165) is 0 Å². The molecule has 0 heterocycles. The first-order chi connectivity index (χ1) is 3.55. The van der Waals surface area contributed by atoms with Crippen LogP contribution in [0.1, 0.15) is 0 Å². The van der Waals surface area contributed by atoms with E-state index in [9.17, 15) is 17.6 Å². The topological polar surface area (TPSA) is 0 Å². The van der Waals surface area contributed by atoms with Crippen LogP contribution in [0.25, 0.3) is 0 Å². The highest BCUT2D eigenvalue weighted by Gasteiger charge is 2.22. The van der Waals surface area contributed by atoms with Gasteiger partial charge in [0.15, 0.2) is 0 Å². The molecule has 0 nitrogen and oxygen atoms in total. The average molecular weight is 144 g/mol. The Balaban J connectivity index is 3.46. The molecule has 0 aliphatic heterocycles. The molecular weight excluding hydrogens is 142 g/mol. The van der Waals surface area contributed by atoms with Crippen molar-refractivity contribution in [1.29, 1.82) is 0 Å². The molecule has 0 amide bonds. The maximum atomic E-state index is 11.1. The zero-order valence-corrected chi connectivity index (χ0v) is 4.59. The third-order valence-electron chi connectivity index (χ3n) is 0.451. The predicted molar refractivity (Wildman–Crippen MR) is 24.7 cm³/mol. The van der Waals surface area contributed by atoms with Crippen molar-refractivity contribution in [3.8, 4) is 0 Å². The van der Waals surface area contributed by atoms with Gasteiger partial charge in [-0.2, -0.15) is 0 Å². The highest BCUT2D eigenvalue weighted by molar-refractivity contribution is 7.82. The third kappa shape index (κ3) is 2.50. The lowest BCUT2D eigenvalue weighted by Crippen LogP contribution is -1.96. The molecule has 0 unspecified atom stereocenters. The van der Waals surface area contributed by atoms with Crippen LogP contribution in [-0.4, -0.2) is 19.9 Å². The van der Waals surface area contributed by atoms with E-state index in [4.69, 9.17) is 0 Å². The highest BCUT2D eigenvalue weighted by atomic mass is 31.1. The van der Waals surface area contributed by atoms with E-state index in [0.29, 0.717) is 0 Å². The minimum Gasteiger partial charge on any atom is -0.206 e. The molecule has 0 bridgehead atoms. The quantitative estimate of drug-likeness (QED) is 0.315. The summed E-state index contributed by atoms with van der Waals surface area (Å²) in [6, 6.07) is 0. The van der Waals surface area contributed by atoms with Gasteiger partial charge in [-0.25, -0.2) is 17.6 Å². The first-order valence-corrected chi connectivity index (χ1v) is 3.20. The first-order valence-electron chi connectivity index (χ1n) is 1.65. The van der Waals surface area contributed by atoms with Gasteiger partial charge in [-0.1, -0.05) is 0 Å². The lowest BCUT2D eigenvalue weighted by atomic mass is 10.8. The summed E-state index contributed by atoms with van der Waals surface area (Å²) in [5.41, 5.74) is 0. The summed E-state index contributed by atoms with van der Waals surface area (Å²) >= 11 is 0. The number of hydrogen-bond donors (Lipinski definition) is 0. The van der Waals surface area contributed by atoms with Crippen molar-refractivity contribution in [2.24, 2.45) is 0 Å². The molecule has 0 aromatic rings. The van der Waals surface area contributed by atoms with Gasteiger partial charge >= 0.3 is 0 Å². The zero-order chi connectivity index (χ0) is 6.73. The molecule has 0 saturated carbocycles. The van der Waals surface area contributed by atoms with Crippen molar-refractivity contribution < 1.29 is 17.6 Å². The van der Waals surface area contributed by atoms with Crippen LogP contribution in [0.5, 0.6) is 0 Å². The van der Waals surface area contributed by atoms with Crippen LogP contribution in [0.3, 0.4) is 0 Å². The minimum atomic E-state index is -3.06. The van der Waals surface area contributed by atoms with Gasteiger partial charge in [-0.05, 0) is 7.80 Å². The summed E-state index contributed by atoms with van der Waals surface area (Å²) in [5.74, 6) is 0. The summed E-state index contributed by atoms with van der Waals surface area (Å²) in [5, 5.41) is 0. The monoisotopic (exact) mass is 144 g/mol. The Morgan fingerprint density at radius 1 is 1.00 bits per heavy atom. The maximum absolute atomic E-state index is 11.1. The van der Waals surface area contributed by atoms with Crippen molar-refractivity contribution in [2.75, 3.05) is 0 Å². The van der Waals surface area contributed by atoms with E-state index < -0.39 is 20.1 Å². The van der Waals surface area contributed by atoms with E-state index in [-0.39, 0.29) is 0 Å². The van der Waals surface area contributed by atoms with Crippen LogP contribution >= 0.6 is 7.80 Å². The summed E-state index contributed by atoms with van der Waals surface area (Å²) in [6.45, 7) is 0. The Labute approximate surface area is 46.4 Å². The van der Waals surface area contributed by atoms with Gasteiger partial charge in [-0.3, -0.25) is 0 Å². The molecule has 46 valence electrons. The van der Waals surface area contributed by atoms with E-state index >= 15 is 0 Å². The van der Waals surface area contributed by atoms with Gasteiger partial charge < -0.3 is 0 Å². The molecule has 0 rings (SSSR count). The van der Waals surface area contributed by atoms with Crippen LogP contribution in [0, 0.1) is 0 Å². The zero-order valence-electron chi connectivity index (χ0n) is 3.69. The van der Waals surface area contributed by atoms with Crippen molar-refractivity contribution in [2.45, 2.75) is 12.3 Å². The normalized spacial score (nSPS) is 11.9. The Morgan fingerprint density at radius 2 is 1.25 bits per heavy atom. The molecule has 0 spiro atoms. The fourth-order valence-electron chi connectivity index (χ4n) is 0.0852. The van der Waals surface area contributed by atoms with Crippen molar-refractivity contribution in [3.05, 3.63) is 0 Å². The minimum absolute atomic E-state index is 2.87. The van der Waals surface area contributed by atoms with Gasteiger partial charge in [0, 0.05) is 0 Å². The molecule has 8 heavy (non-hydrogen) atoms. The van der Waals surface area contributed by atoms with E-state index in [1.807, 2.05) is 0 Å². The van der Waals surface area contributed by atoms with Crippen LogP contribution < -0.4 is 0 Å². The molecule has 0 N–H and O–H groups in total. The predicted octanol–water partition coefficient (Wildman–Crippen LogP) is 2.00. The molecular formula is C2H2BF4P. The molecule has 2 radical (unpaired) electrons. The maximum Gasteiger partial charge on any atom is 0.251 e. The lowest BCUT2D eigenvalue weighted by Gasteiger charge is -2.07. The molecule has 6 heteroatoms. The third-order valence-corrected chi connectivity index (χ3v) is 1.35. The van der Waals surface area contributed by atoms with Crippen molar-refractivity contribution in [3.63, 3.8) is 0 Å². The van der Waals surface area contributed by atoms with Crippen LogP contribution in [-0.2, 0) is 0 Å². The number of halogens is 4. The van der Waals surface area contributed by atoms with Gasteiger partial charge in [-0.15, -0.1) is 0 Å². The second-order valence-corrected chi connectivity index (χ2v) is 2.68. The van der Waals surface area contributed by atoms with Crippen molar-refractivity contribution in [1.82, 2.24) is 0 Å². The van der Waals surface area contributed by atoms with Crippen molar-refractivity contribution >= 4 is 15.4 Å². The second-order valence-electron chi connectivity index (χ2n) is 1.00.